The van der Waals surface area contributed by atoms with E-state index in [0.29, 0.717) is 24.3 Å². The third-order valence-corrected chi connectivity index (χ3v) is 3.82. The third-order valence-electron chi connectivity index (χ3n) is 3.82. The molecule has 23 heavy (non-hydrogen) atoms. The number of anilines is 1. The minimum Gasteiger partial charge on any atom is -0.492 e. The fraction of sp³-hybridized carbons (Fsp3) is 0.222. The van der Waals surface area contributed by atoms with Crippen LogP contribution in [0.4, 0.5) is 5.69 Å². The van der Waals surface area contributed by atoms with Crippen molar-refractivity contribution in [1.29, 1.82) is 0 Å². The highest BCUT2D eigenvalue weighted by Gasteiger charge is 2.25. The van der Waals surface area contributed by atoms with E-state index in [1.165, 1.54) is 7.11 Å². The van der Waals surface area contributed by atoms with Crippen molar-refractivity contribution in [3.05, 3.63) is 59.7 Å². The summed E-state index contributed by atoms with van der Waals surface area (Å²) < 4.78 is 10.3. The molecule has 0 aliphatic carbocycles. The average Bonchev–Trinajstić information content (AvgIpc) is 2.61. The van der Waals surface area contributed by atoms with Crippen LogP contribution in [0, 0.1) is 5.92 Å². The molecule has 0 spiro atoms. The number of hydrogen-bond acceptors (Lipinski definition) is 4. The first-order valence-electron chi connectivity index (χ1n) is 7.37. The highest BCUT2D eigenvalue weighted by atomic mass is 16.5. The predicted molar refractivity (Wildman–Crippen MR) is 85.5 cm³/mol. The normalized spacial score (nSPS) is 16.0. The Morgan fingerprint density at radius 2 is 1.87 bits per heavy atom. The molecule has 1 N–H and O–H groups in total. The number of benzene rings is 2. The maximum absolute atomic E-state index is 12.4. The SMILES string of the molecule is COC(=O)c1ccc(NC(=O)C2COc3ccccc3C2)cc1. The number of esters is 1. The molecule has 1 unspecified atom stereocenters. The highest BCUT2D eigenvalue weighted by molar-refractivity contribution is 5.94. The number of nitrogens with one attached hydrogen (secondary N) is 1. The summed E-state index contributed by atoms with van der Waals surface area (Å²) in [6.07, 6.45) is 0.655. The Labute approximate surface area is 134 Å². The number of para-hydroxylation sites is 1. The fourth-order valence-electron chi connectivity index (χ4n) is 2.55. The molecule has 0 bridgehead atoms. The van der Waals surface area contributed by atoms with Crippen molar-refractivity contribution in [2.45, 2.75) is 6.42 Å². The number of amides is 1. The Morgan fingerprint density at radius 1 is 1.13 bits per heavy atom. The van der Waals surface area contributed by atoms with Gasteiger partial charge < -0.3 is 14.8 Å². The zero-order valence-electron chi connectivity index (χ0n) is 12.7. The van der Waals surface area contributed by atoms with Gasteiger partial charge in [0.1, 0.15) is 12.4 Å². The molecule has 5 nitrogen and oxygen atoms in total. The molecular formula is C18H17NO4. The van der Waals surface area contributed by atoms with E-state index in [-0.39, 0.29) is 11.8 Å². The number of carbonyl (C=O) groups is 2. The van der Waals surface area contributed by atoms with Crippen molar-refractivity contribution < 1.29 is 19.1 Å². The standard InChI is InChI=1S/C18H17NO4/c1-22-18(21)12-6-8-15(9-7-12)19-17(20)14-10-13-4-2-3-5-16(13)23-11-14/h2-9,14H,10-11H2,1H3,(H,19,20). The largest absolute Gasteiger partial charge is 0.492 e. The van der Waals surface area contributed by atoms with Crippen molar-refractivity contribution in [2.24, 2.45) is 5.92 Å². The van der Waals surface area contributed by atoms with E-state index in [4.69, 9.17) is 4.74 Å². The van der Waals surface area contributed by atoms with E-state index in [1.54, 1.807) is 24.3 Å². The maximum Gasteiger partial charge on any atom is 0.337 e. The molecule has 118 valence electrons. The lowest BCUT2D eigenvalue weighted by Crippen LogP contribution is -2.32. The van der Waals surface area contributed by atoms with Crippen LogP contribution in [0.15, 0.2) is 48.5 Å². The van der Waals surface area contributed by atoms with Crippen LogP contribution in [0.25, 0.3) is 0 Å². The van der Waals surface area contributed by atoms with Gasteiger partial charge in [0.25, 0.3) is 0 Å². The van der Waals surface area contributed by atoms with Gasteiger partial charge >= 0.3 is 5.97 Å². The van der Waals surface area contributed by atoms with E-state index in [2.05, 4.69) is 10.1 Å². The van der Waals surface area contributed by atoms with Gasteiger partial charge in [-0.2, -0.15) is 0 Å². The summed E-state index contributed by atoms with van der Waals surface area (Å²) in [5.41, 5.74) is 2.13. The van der Waals surface area contributed by atoms with Crippen LogP contribution in [0.3, 0.4) is 0 Å². The predicted octanol–water partition coefficient (Wildman–Crippen LogP) is 2.66. The summed E-state index contributed by atoms with van der Waals surface area (Å²) in [4.78, 5) is 23.8. The molecule has 1 amide bonds. The van der Waals surface area contributed by atoms with Crippen molar-refractivity contribution in [2.75, 3.05) is 19.0 Å². The van der Waals surface area contributed by atoms with Gasteiger partial charge in [-0.15, -0.1) is 0 Å². The first kappa shape index (κ1) is 15.1. The van der Waals surface area contributed by atoms with Crippen LogP contribution < -0.4 is 10.1 Å². The second kappa shape index (κ2) is 6.52. The van der Waals surface area contributed by atoms with Gasteiger partial charge in [0.15, 0.2) is 0 Å². The number of fused-ring (bicyclic) bond motifs is 1. The topological polar surface area (TPSA) is 64.6 Å². The van der Waals surface area contributed by atoms with Crippen LogP contribution in [-0.4, -0.2) is 25.6 Å². The number of rotatable bonds is 3. The average molecular weight is 311 g/mol. The van der Waals surface area contributed by atoms with Crippen molar-refractivity contribution >= 4 is 17.6 Å². The molecule has 1 heterocycles. The monoisotopic (exact) mass is 311 g/mol. The first-order chi connectivity index (χ1) is 11.2. The van der Waals surface area contributed by atoms with Crippen LogP contribution in [-0.2, 0) is 16.0 Å². The maximum atomic E-state index is 12.4. The highest BCUT2D eigenvalue weighted by Crippen LogP contribution is 2.27. The third kappa shape index (κ3) is 3.34. The van der Waals surface area contributed by atoms with Gasteiger partial charge in [-0.05, 0) is 42.3 Å². The smallest absolute Gasteiger partial charge is 0.337 e. The molecule has 5 heteroatoms. The molecule has 1 aliphatic heterocycles. The Kier molecular flexibility index (Phi) is 4.28. The van der Waals surface area contributed by atoms with Crippen molar-refractivity contribution in [1.82, 2.24) is 0 Å². The van der Waals surface area contributed by atoms with Gasteiger partial charge in [-0.1, -0.05) is 18.2 Å². The van der Waals surface area contributed by atoms with Crippen molar-refractivity contribution in [3.63, 3.8) is 0 Å². The second-order valence-electron chi connectivity index (χ2n) is 5.38. The molecule has 3 rings (SSSR count). The summed E-state index contributed by atoms with van der Waals surface area (Å²) in [6, 6.07) is 14.3. The molecule has 0 fully saturated rings. The molecule has 1 aliphatic rings. The lowest BCUT2D eigenvalue weighted by molar-refractivity contribution is -0.121. The van der Waals surface area contributed by atoms with Crippen LogP contribution in [0.1, 0.15) is 15.9 Å². The Hall–Kier alpha value is -2.82. The second-order valence-corrected chi connectivity index (χ2v) is 5.38. The first-order valence-corrected chi connectivity index (χ1v) is 7.37. The van der Waals surface area contributed by atoms with E-state index in [0.717, 1.165) is 11.3 Å². The van der Waals surface area contributed by atoms with Crippen molar-refractivity contribution in [3.8, 4) is 5.75 Å². The van der Waals surface area contributed by atoms with Gasteiger partial charge in [0, 0.05) is 5.69 Å². The van der Waals surface area contributed by atoms with Gasteiger partial charge in [-0.3, -0.25) is 4.79 Å². The van der Waals surface area contributed by atoms with Crippen LogP contribution in [0.5, 0.6) is 5.75 Å². The lowest BCUT2D eigenvalue weighted by atomic mass is 9.96. The Bertz CT molecular complexity index is 724. The number of carbonyl (C=O) groups excluding carboxylic acids is 2. The molecule has 0 saturated carbocycles. The Morgan fingerprint density at radius 3 is 2.61 bits per heavy atom. The summed E-state index contributed by atoms with van der Waals surface area (Å²) in [5.74, 6) is 0.120. The number of hydrogen-bond donors (Lipinski definition) is 1. The van der Waals surface area contributed by atoms with Gasteiger partial charge in [0.2, 0.25) is 5.91 Å². The molecule has 0 radical (unpaired) electrons. The summed E-state index contributed by atoms with van der Waals surface area (Å²) in [7, 11) is 1.33. The van der Waals surface area contributed by atoms with Gasteiger partial charge in [0.05, 0.1) is 18.6 Å². The summed E-state index contributed by atoms with van der Waals surface area (Å²) >= 11 is 0. The van der Waals surface area contributed by atoms with E-state index < -0.39 is 5.97 Å². The van der Waals surface area contributed by atoms with E-state index in [1.807, 2.05) is 24.3 Å². The lowest BCUT2D eigenvalue weighted by Gasteiger charge is -2.24. The minimum absolute atomic E-state index is 0.0923. The zero-order chi connectivity index (χ0) is 16.2. The molecular weight excluding hydrogens is 294 g/mol. The minimum atomic E-state index is -0.403. The molecule has 1 atom stereocenters. The fourth-order valence-corrected chi connectivity index (χ4v) is 2.55. The summed E-state index contributed by atoms with van der Waals surface area (Å²) in [6.45, 7) is 0.364. The van der Waals surface area contributed by atoms with Crippen LogP contribution >= 0.6 is 0 Å². The molecule has 2 aromatic rings. The molecule has 0 aromatic heterocycles. The molecule has 2 aromatic carbocycles. The number of methoxy groups -OCH3 is 1. The Balaban J connectivity index is 1.65. The van der Waals surface area contributed by atoms with Gasteiger partial charge in [-0.25, -0.2) is 4.79 Å². The zero-order valence-corrected chi connectivity index (χ0v) is 12.7. The van der Waals surface area contributed by atoms with Crippen LogP contribution in [0.2, 0.25) is 0 Å². The molecule has 0 saturated heterocycles. The van der Waals surface area contributed by atoms with E-state index in [9.17, 15) is 9.59 Å². The summed E-state index contributed by atoms with van der Waals surface area (Å²) in [5, 5.41) is 2.86. The number of ether oxygens (including phenoxy) is 2. The quantitative estimate of drug-likeness (QED) is 0.885. The van der Waals surface area contributed by atoms with E-state index >= 15 is 0 Å².